The molecular formula is C21H25FN2O3S2. The number of halogens is 1. The van der Waals surface area contributed by atoms with Crippen molar-refractivity contribution in [1.82, 2.24) is 5.32 Å². The summed E-state index contributed by atoms with van der Waals surface area (Å²) in [5.74, 6) is -1.12. The Balaban J connectivity index is 2.01. The number of nitrogens with one attached hydrogen (secondary N) is 2. The van der Waals surface area contributed by atoms with Crippen LogP contribution < -0.4 is 10.0 Å². The van der Waals surface area contributed by atoms with Crippen molar-refractivity contribution in [3.05, 3.63) is 69.9 Å². The van der Waals surface area contributed by atoms with Crippen LogP contribution in [0.5, 0.6) is 0 Å². The van der Waals surface area contributed by atoms with Crippen LogP contribution >= 0.6 is 12.6 Å². The summed E-state index contributed by atoms with van der Waals surface area (Å²) in [5.41, 5.74) is 2.43. The van der Waals surface area contributed by atoms with Gasteiger partial charge in [-0.1, -0.05) is 51.1 Å². The monoisotopic (exact) mass is 436 g/mol. The van der Waals surface area contributed by atoms with E-state index in [4.69, 9.17) is 0 Å². The average Bonchev–Trinajstić information content (AvgIpc) is 2.60. The van der Waals surface area contributed by atoms with Crippen LogP contribution in [0.3, 0.4) is 0 Å². The van der Waals surface area contributed by atoms with Crippen molar-refractivity contribution in [2.45, 2.75) is 32.7 Å². The van der Waals surface area contributed by atoms with E-state index in [1.54, 1.807) is 6.08 Å². The number of anilines is 1. The molecule has 0 saturated heterocycles. The van der Waals surface area contributed by atoms with Gasteiger partial charge in [-0.25, -0.2) is 12.8 Å². The summed E-state index contributed by atoms with van der Waals surface area (Å²) >= 11 is 4.25. The molecule has 0 atom stereocenters. The molecule has 2 aromatic rings. The summed E-state index contributed by atoms with van der Waals surface area (Å²) in [6.07, 6.45) is 2.60. The molecular weight excluding hydrogens is 411 g/mol. The standard InChI is InChI=1S/C21H25FN2O3S2/c1-21(2,3)16-8-5-14(6-9-16)12-19(28)20(25)23-13-15-7-10-18(17(22)11-15)24-29(4,26)27/h5-12,24,28H,13H2,1-4H3,(H,23,25)/b19-12-. The van der Waals surface area contributed by atoms with Gasteiger partial charge in [0.2, 0.25) is 10.0 Å². The van der Waals surface area contributed by atoms with Crippen LogP contribution in [0.25, 0.3) is 6.08 Å². The zero-order chi connectivity index (χ0) is 21.8. The van der Waals surface area contributed by atoms with Gasteiger partial charge in [-0.15, -0.1) is 12.6 Å². The molecule has 2 N–H and O–H groups in total. The van der Waals surface area contributed by atoms with Crippen LogP contribution in [0.4, 0.5) is 10.1 Å². The minimum Gasteiger partial charge on any atom is -0.348 e. The fraction of sp³-hybridized carbons (Fsp3) is 0.286. The number of rotatable bonds is 6. The molecule has 1 amide bonds. The molecule has 0 aromatic heterocycles. The Kier molecular flexibility index (Phi) is 7.13. The van der Waals surface area contributed by atoms with Gasteiger partial charge in [0, 0.05) is 6.54 Å². The van der Waals surface area contributed by atoms with Gasteiger partial charge in [0.1, 0.15) is 5.82 Å². The van der Waals surface area contributed by atoms with Crippen LogP contribution in [0, 0.1) is 5.82 Å². The lowest BCUT2D eigenvalue weighted by molar-refractivity contribution is -0.116. The topological polar surface area (TPSA) is 75.3 Å². The number of benzene rings is 2. The van der Waals surface area contributed by atoms with Crippen molar-refractivity contribution < 1.29 is 17.6 Å². The van der Waals surface area contributed by atoms with Gasteiger partial charge >= 0.3 is 0 Å². The maximum absolute atomic E-state index is 14.0. The number of thiol groups is 1. The second-order valence-electron chi connectivity index (χ2n) is 7.77. The summed E-state index contributed by atoms with van der Waals surface area (Å²) in [4.78, 5) is 12.5. The molecule has 0 aliphatic heterocycles. The number of hydrogen-bond acceptors (Lipinski definition) is 4. The van der Waals surface area contributed by atoms with E-state index in [0.29, 0.717) is 5.56 Å². The van der Waals surface area contributed by atoms with E-state index in [1.807, 2.05) is 24.3 Å². The van der Waals surface area contributed by atoms with Crippen LogP contribution in [0.15, 0.2) is 47.4 Å². The highest BCUT2D eigenvalue weighted by Gasteiger charge is 2.13. The number of carbonyl (C=O) groups is 1. The maximum atomic E-state index is 14.0. The van der Waals surface area contributed by atoms with Crippen molar-refractivity contribution in [3.8, 4) is 0 Å². The van der Waals surface area contributed by atoms with E-state index in [2.05, 4.69) is 43.4 Å². The number of sulfonamides is 1. The molecule has 2 rings (SSSR count). The third-order valence-electron chi connectivity index (χ3n) is 4.09. The molecule has 8 heteroatoms. The minimum atomic E-state index is -3.57. The SMILES string of the molecule is CC(C)(C)c1ccc(/C=C(\S)C(=O)NCc2ccc(NS(C)(=O)=O)c(F)c2)cc1. The second kappa shape index (κ2) is 9.00. The highest BCUT2D eigenvalue weighted by molar-refractivity contribution is 7.92. The first kappa shape index (κ1) is 23.0. The number of carbonyl (C=O) groups excluding carboxylic acids is 1. The van der Waals surface area contributed by atoms with Gasteiger partial charge in [0.15, 0.2) is 0 Å². The van der Waals surface area contributed by atoms with Crippen molar-refractivity contribution in [3.63, 3.8) is 0 Å². The Morgan fingerprint density at radius 3 is 2.28 bits per heavy atom. The Hall–Kier alpha value is -2.32. The highest BCUT2D eigenvalue weighted by atomic mass is 32.2. The summed E-state index contributed by atoms with van der Waals surface area (Å²) < 4.78 is 38.5. The van der Waals surface area contributed by atoms with Gasteiger partial charge in [-0.05, 0) is 40.3 Å². The quantitative estimate of drug-likeness (QED) is 0.472. The molecule has 0 aliphatic carbocycles. The summed E-state index contributed by atoms with van der Waals surface area (Å²) in [7, 11) is -3.57. The Bertz CT molecular complexity index is 1020. The normalized spacial score (nSPS) is 12.6. The Morgan fingerprint density at radius 1 is 1.14 bits per heavy atom. The fourth-order valence-electron chi connectivity index (χ4n) is 2.53. The molecule has 0 fully saturated rings. The zero-order valence-electron chi connectivity index (χ0n) is 16.8. The fourth-order valence-corrected chi connectivity index (χ4v) is 3.32. The van der Waals surface area contributed by atoms with Crippen LogP contribution in [0.1, 0.15) is 37.5 Å². The summed E-state index contributed by atoms with van der Waals surface area (Å²) in [6, 6.07) is 11.9. The Labute approximate surface area is 176 Å². The third kappa shape index (κ3) is 7.21. The predicted octanol–water partition coefficient (Wildman–Crippen LogP) is 4.08. The summed E-state index contributed by atoms with van der Waals surface area (Å²) in [5, 5.41) is 2.66. The maximum Gasteiger partial charge on any atom is 0.257 e. The lowest BCUT2D eigenvalue weighted by Crippen LogP contribution is -2.22. The van der Waals surface area contributed by atoms with E-state index in [9.17, 15) is 17.6 Å². The van der Waals surface area contributed by atoms with Gasteiger partial charge in [0.05, 0.1) is 16.8 Å². The Morgan fingerprint density at radius 2 is 1.76 bits per heavy atom. The van der Waals surface area contributed by atoms with Crippen molar-refractivity contribution in [1.29, 1.82) is 0 Å². The molecule has 0 unspecified atom stereocenters. The number of amides is 1. The molecule has 0 bridgehead atoms. The molecule has 0 spiro atoms. The van der Waals surface area contributed by atoms with E-state index in [0.717, 1.165) is 11.8 Å². The number of hydrogen-bond donors (Lipinski definition) is 3. The van der Waals surface area contributed by atoms with Gasteiger partial charge in [-0.2, -0.15) is 0 Å². The molecule has 0 saturated carbocycles. The predicted molar refractivity (Wildman–Crippen MR) is 119 cm³/mol. The molecule has 156 valence electrons. The smallest absolute Gasteiger partial charge is 0.257 e. The van der Waals surface area contributed by atoms with E-state index < -0.39 is 21.7 Å². The van der Waals surface area contributed by atoms with E-state index >= 15 is 0 Å². The average molecular weight is 437 g/mol. The van der Waals surface area contributed by atoms with E-state index in [-0.39, 0.29) is 22.6 Å². The van der Waals surface area contributed by atoms with Gasteiger partial charge < -0.3 is 5.32 Å². The van der Waals surface area contributed by atoms with Crippen molar-refractivity contribution in [2.24, 2.45) is 0 Å². The van der Waals surface area contributed by atoms with E-state index in [1.165, 1.54) is 23.8 Å². The zero-order valence-corrected chi connectivity index (χ0v) is 18.5. The summed E-state index contributed by atoms with van der Waals surface area (Å²) in [6.45, 7) is 6.46. The van der Waals surface area contributed by atoms with Gasteiger partial charge in [-0.3, -0.25) is 9.52 Å². The first-order valence-electron chi connectivity index (χ1n) is 8.91. The van der Waals surface area contributed by atoms with Crippen molar-refractivity contribution in [2.75, 3.05) is 11.0 Å². The molecule has 0 radical (unpaired) electrons. The van der Waals surface area contributed by atoms with Gasteiger partial charge in [0.25, 0.3) is 5.91 Å². The first-order valence-corrected chi connectivity index (χ1v) is 11.2. The van der Waals surface area contributed by atoms with Crippen molar-refractivity contribution >= 4 is 40.3 Å². The van der Waals surface area contributed by atoms with Crippen LogP contribution in [-0.4, -0.2) is 20.6 Å². The molecule has 29 heavy (non-hydrogen) atoms. The molecule has 2 aromatic carbocycles. The third-order valence-corrected chi connectivity index (χ3v) is 5.02. The minimum absolute atomic E-state index is 0.0467. The lowest BCUT2D eigenvalue weighted by atomic mass is 9.87. The molecule has 5 nitrogen and oxygen atoms in total. The van der Waals surface area contributed by atoms with Crippen LogP contribution in [-0.2, 0) is 26.8 Å². The van der Waals surface area contributed by atoms with Crippen LogP contribution in [0.2, 0.25) is 0 Å². The molecule has 0 aliphatic rings. The largest absolute Gasteiger partial charge is 0.348 e. The highest BCUT2D eigenvalue weighted by Crippen LogP contribution is 2.23. The lowest BCUT2D eigenvalue weighted by Gasteiger charge is -2.18. The molecule has 0 heterocycles. The second-order valence-corrected chi connectivity index (χ2v) is 10.0. The first-order chi connectivity index (χ1) is 13.3.